The first-order chi connectivity index (χ1) is 10.2. The van der Waals surface area contributed by atoms with E-state index in [1.807, 2.05) is 42.7 Å². The number of aromatic nitrogens is 1. The van der Waals surface area contributed by atoms with Crippen molar-refractivity contribution in [3.63, 3.8) is 0 Å². The number of anilines is 2. The highest BCUT2D eigenvalue weighted by molar-refractivity contribution is 9.10. The molecule has 6 heteroatoms. The van der Waals surface area contributed by atoms with Crippen LogP contribution in [-0.2, 0) is 6.54 Å². The molecule has 0 amide bonds. The van der Waals surface area contributed by atoms with Gasteiger partial charge in [-0.1, -0.05) is 39.8 Å². The lowest BCUT2D eigenvalue weighted by atomic mass is 10.2. The summed E-state index contributed by atoms with van der Waals surface area (Å²) < 4.78 is 6.61. The number of nitrogens with one attached hydrogen (secondary N) is 1. The van der Waals surface area contributed by atoms with Crippen LogP contribution in [0.15, 0.2) is 50.5 Å². The van der Waals surface area contributed by atoms with E-state index in [1.165, 1.54) is 11.8 Å². The van der Waals surface area contributed by atoms with Gasteiger partial charge in [-0.3, -0.25) is 0 Å². The molecule has 1 aromatic heterocycles. The summed E-state index contributed by atoms with van der Waals surface area (Å²) in [5.41, 5.74) is 10.4. The van der Waals surface area contributed by atoms with Gasteiger partial charge in [0.05, 0.1) is 11.4 Å². The maximum absolute atomic E-state index is 5.99. The topological polar surface area (TPSA) is 64.1 Å². The standard InChI is InChI=1S/C15H14BrN3OS/c1-21-15-19-14-9(3-2-4-13(14)20-15)8-18-12-6-5-10(16)7-11(12)17/h2-7,18H,8,17H2,1H3. The van der Waals surface area contributed by atoms with Crippen molar-refractivity contribution in [2.24, 2.45) is 0 Å². The van der Waals surface area contributed by atoms with Crippen LogP contribution in [0.4, 0.5) is 11.4 Å². The lowest BCUT2D eigenvalue weighted by Gasteiger charge is -2.09. The van der Waals surface area contributed by atoms with Crippen molar-refractivity contribution in [2.75, 3.05) is 17.3 Å². The number of nitrogens with two attached hydrogens (primary N) is 1. The predicted octanol–water partition coefficient (Wildman–Crippen LogP) is 4.51. The second-order valence-electron chi connectivity index (χ2n) is 4.53. The third kappa shape index (κ3) is 3.01. The summed E-state index contributed by atoms with van der Waals surface area (Å²) in [5, 5.41) is 4.02. The van der Waals surface area contributed by atoms with Gasteiger partial charge in [-0.25, -0.2) is 4.98 Å². The molecule has 108 valence electrons. The van der Waals surface area contributed by atoms with E-state index >= 15 is 0 Å². The van der Waals surface area contributed by atoms with E-state index < -0.39 is 0 Å². The van der Waals surface area contributed by atoms with E-state index in [1.54, 1.807) is 0 Å². The third-order valence-corrected chi connectivity index (χ3v) is 4.16. The van der Waals surface area contributed by atoms with Gasteiger partial charge in [0.15, 0.2) is 5.58 Å². The van der Waals surface area contributed by atoms with Crippen molar-refractivity contribution >= 4 is 50.2 Å². The van der Waals surface area contributed by atoms with Gasteiger partial charge in [0.25, 0.3) is 5.22 Å². The molecule has 4 nitrogen and oxygen atoms in total. The Labute approximate surface area is 135 Å². The molecule has 21 heavy (non-hydrogen) atoms. The summed E-state index contributed by atoms with van der Waals surface area (Å²) in [6, 6.07) is 11.7. The summed E-state index contributed by atoms with van der Waals surface area (Å²) in [5.74, 6) is 0. The molecule has 3 aromatic rings. The predicted molar refractivity (Wildman–Crippen MR) is 91.7 cm³/mol. The molecule has 0 saturated heterocycles. The van der Waals surface area contributed by atoms with Crippen LogP contribution in [0.25, 0.3) is 11.1 Å². The summed E-state index contributed by atoms with van der Waals surface area (Å²) in [6.45, 7) is 0.642. The molecule has 0 aliphatic heterocycles. The number of hydrogen-bond donors (Lipinski definition) is 2. The Kier molecular flexibility index (Phi) is 4.07. The van der Waals surface area contributed by atoms with Gasteiger partial charge in [-0.05, 0) is 30.5 Å². The van der Waals surface area contributed by atoms with Gasteiger partial charge in [0, 0.05) is 16.6 Å². The Morgan fingerprint density at radius 3 is 2.95 bits per heavy atom. The normalized spacial score (nSPS) is 11.0. The monoisotopic (exact) mass is 363 g/mol. The van der Waals surface area contributed by atoms with Crippen LogP contribution in [-0.4, -0.2) is 11.2 Å². The molecule has 1 heterocycles. The highest BCUT2D eigenvalue weighted by atomic mass is 79.9. The maximum atomic E-state index is 5.99. The van der Waals surface area contributed by atoms with Crippen molar-refractivity contribution in [3.8, 4) is 0 Å². The summed E-state index contributed by atoms with van der Waals surface area (Å²) in [6.07, 6.45) is 1.95. The van der Waals surface area contributed by atoms with E-state index in [0.717, 1.165) is 26.8 Å². The van der Waals surface area contributed by atoms with Crippen LogP contribution in [0.2, 0.25) is 0 Å². The fourth-order valence-electron chi connectivity index (χ4n) is 2.10. The number of halogens is 1. The molecular formula is C15H14BrN3OS. The molecule has 0 aliphatic rings. The quantitative estimate of drug-likeness (QED) is 0.527. The number of rotatable bonds is 4. The number of para-hydroxylation sites is 1. The van der Waals surface area contributed by atoms with Crippen molar-refractivity contribution in [2.45, 2.75) is 11.8 Å². The zero-order chi connectivity index (χ0) is 14.8. The van der Waals surface area contributed by atoms with Gasteiger partial charge in [0.1, 0.15) is 5.52 Å². The Hall–Kier alpha value is -1.66. The largest absolute Gasteiger partial charge is 0.431 e. The molecule has 2 aromatic carbocycles. The minimum atomic E-state index is 0.642. The number of oxazole rings is 1. The van der Waals surface area contributed by atoms with Gasteiger partial charge >= 0.3 is 0 Å². The van der Waals surface area contributed by atoms with Crippen molar-refractivity contribution in [1.29, 1.82) is 0 Å². The first kappa shape index (κ1) is 14.3. The first-order valence-electron chi connectivity index (χ1n) is 6.38. The molecule has 3 rings (SSSR count). The molecule has 0 radical (unpaired) electrons. The number of nitrogens with zero attached hydrogens (tertiary/aromatic N) is 1. The lowest BCUT2D eigenvalue weighted by molar-refractivity contribution is 0.490. The van der Waals surface area contributed by atoms with Gasteiger partial charge in [0.2, 0.25) is 0 Å². The highest BCUT2D eigenvalue weighted by Gasteiger charge is 2.09. The van der Waals surface area contributed by atoms with Crippen LogP contribution in [0.1, 0.15) is 5.56 Å². The number of fused-ring (bicyclic) bond motifs is 1. The maximum Gasteiger partial charge on any atom is 0.256 e. The number of hydrogen-bond acceptors (Lipinski definition) is 5. The number of thioether (sulfide) groups is 1. The second-order valence-corrected chi connectivity index (χ2v) is 6.21. The van der Waals surface area contributed by atoms with E-state index in [4.69, 9.17) is 10.2 Å². The number of benzene rings is 2. The second kappa shape index (κ2) is 5.99. The SMILES string of the molecule is CSc1nc2c(CNc3ccc(Br)cc3N)cccc2o1. The van der Waals surface area contributed by atoms with E-state index in [0.29, 0.717) is 17.5 Å². The average molecular weight is 364 g/mol. The average Bonchev–Trinajstić information content (AvgIpc) is 2.90. The molecule has 0 spiro atoms. The Bertz CT molecular complexity index is 788. The van der Waals surface area contributed by atoms with Gasteiger partial charge in [-0.15, -0.1) is 0 Å². The minimum absolute atomic E-state index is 0.642. The molecule has 0 aliphatic carbocycles. The highest BCUT2D eigenvalue weighted by Crippen LogP contribution is 2.27. The molecule has 0 fully saturated rings. The van der Waals surface area contributed by atoms with Crippen LogP contribution in [0.3, 0.4) is 0 Å². The molecular weight excluding hydrogens is 350 g/mol. The fourth-order valence-corrected chi connectivity index (χ4v) is 2.83. The molecule has 0 bridgehead atoms. The Balaban J connectivity index is 1.86. The van der Waals surface area contributed by atoms with E-state index in [9.17, 15) is 0 Å². The zero-order valence-electron chi connectivity index (χ0n) is 11.4. The third-order valence-electron chi connectivity index (χ3n) is 3.14. The Morgan fingerprint density at radius 2 is 2.19 bits per heavy atom. The summed E-state index contributed by atoms with van der Waals surface area (Å²) >= 11 is 4.90. The van der Waals surface area contributed by atoms with E-state index in [2.05, 4.69) is 26.2 Å². The van der Waals surface area contributed by atoms with E-state index in [-0.39, 0.29) is 0 Å². The van der Waals surface area contributed by atoms with Crippen molar-refractivity contribution in [3.05, 3.63) is 46.4 Å². The molecule has 0 saturated carbocycles. The molecule has 0 atom stereocenters. The van der Waals surface area contributed by atoms with Crippen LogP contribution < -0.4 is 11.1 Å². The van der Waals surface area contributed by atoms with Crippen LogP contribution >= 0.6 is 27.7 Å². The lowest BCUT2D eigenvalue weighted by Crippen LogP contribution is -2.03. The van der Waals surface area contributed by atoms with Crippen LogP contribution in [0.5, 0.6) is 0 Å². The number of nitrogen functional groups attached to an aromatic ring is 1. The van der Waals surface area contributed by atoms with Crippen molar-refractivity contribution in [1.82, 2.24) is 4.98 Å². The summed E-state index contributed by atoms with van der Waals surface area (Å²) in [7, 11) is 0. The zero-order valence-corrected chi connectivity index (χ0v) is 13.8. The van der Waals surface area contributed by atoms with Crippen LogP contribution in [0, 0.1) is 0 Å². The van der Waals surface area contributed by atoms with Gasteiger partial charge in [-0.2, -0.15) is 0 Å². The fraction of sp³-hybridized carbons (Fsp3) is 0.133. The smallest absolute Gasteiger partial charge is 0.256 e. The molecule has 0 unspecified atom stereocenters. The van der Waals surface area contributed by atoms with Crippen molar-refractivity contribution < 1.29 is 4.42 Å². The molecule has 3 N–H and O–H groups in total. The van der Waals surface area contributed by atoms with Gasteiger partial charge < -0.3 is 15.5 Å². The minimum Gasteiger partial charge on any atom is -0.431 e. The first-order valence-corrected chi connectivity index (χ1v) is 8.40. The summed E-state index contributed by atoms with van der Waals surface area (Å²) in [4.78, 5) is 4.50. The Morgan fingerprint density at radius 1 is 1.33 bits per heavy atom.